The van der Waals surface area contributed by atoms with Crippen molar-refractivity contribution in [3.05, 3.63) is 46.7 Å². The molecule has 0 spiro atoms. The van der Waals surface area contributed by atoms with Crippen molar-refractivity contribution in [2.45, 2.75) is 32.7 Å². The number of hydrogen-bond acceptors (Lipinski definition) is 5. The van der Waals surface area contributed by atoms with Gasteiger partial charge in [-0.25, -0.2) is 4.98 Å². The third-order valence-electron chi connectivity index (χ3n) is 3.14. The maximum Gasteiger partial charge on any atom is 0.0982 e. The molecular weight excluding hydrogens is 280 g/mol. The third-order valence-corrected chi connectivity index (χ3v) is 4.45. The zero-order valence-corrected chi connectivity index (χ0v) is 13.2. The van der Waals surface area contributed by atoms with Crippen LogP contribution in [0.1, 0.15) is 31.5 Å². The van der Waals surface area contributed by atoms with Crippen LogP contribution in [0.3, 0.4) is 0 Å². The molecule has 3 aromatic rings. The van der Waals surface area contributed by atoms with Crippen LogP contribution in [0.4, 0.5) is 5.69 Å². The number of nitrogens with zero attached hydrogens (tertiary/aromatic N) is 3. The van der Waals surface area contributed by atoms with Gasteiger partial charge in [0.05, 0.1) is 28.3 Å². The van der Waals surface area contributed by atoms with Gasteiger partial charge in [0.2, 0.25) is 0 Å². The second kappa shape index (κ2) is 5.41. The summed E-state index contributed by atoms with van der Waals surface area (Å²) in [6.07, 6.45) is 3.42. The van der Waals surface area contributed by atoms with Crippen molar-refractivity contribution >= 4 is 28.1 Å². The first-order valence-electron chi connectivity index (χ1n) is 6.92. The van der Waals surface area contributed by atoms with Gasteiger partial charge in [0.25, 0.3) is 0 Å². The number of anilines is 1. The van der Waals surface area contributed by atoms with Crippen LogP contribution in [0.2, 0.25) is 0 Å². The van der Waals surface area contributed by atoms with Crippen molar-refractivity contribution in [3.63, 3.8) is 0 Å². The van der Waals surface area contributed by atoms with E-state index in [1.165, 1.54) is 5.01 Å². The van der Waals surface area contributed by atoms with E-state index < -0.39 is 0 Å². The van der Waals surface area contributed by atoms with Crippen LogP contribution < -0.4 is 5.32 Å². The highest BCUT2D eigenvalue weighted by atomic mass is 32.1. The molecule has 21 heavy (non-hydrogen) atoms. The van der Waals surface area contributed by atoms with Gasteiger partial charge in [0.1, 0.15) is 0 Å². The molecule has 5 heteroatoms. The van der Waals surface area contributed by atoms with Crippen LogP contribution in [-0.2, 0) is 12.0 Å². The predicted octanol–water partition coefficient (Wildman–Crippen LogP) is 4.00. The molecule has 0 saturated carbocycles. The Balaban J connectivity index is 1.73. The Morgan fingerprint density at radius 1 is 1.10 bits per heavy atom. The lowest BCUT2D eigenvalue weighted by atomic mass is 9.98. The molecule has 0 saturated heterocycles. The molecule has 0 radical (unpaired) electrons. The Labute approximate surface area is 128 Å². The van der Waals surface area contributed by atoms with Gasteiger partial charge < -0.3 is 5.32 Å². The fourth-order valence-electron chi connectivity index (χ4n) is 2.00. The van der Waals surface area contributed by atoms with Gasteiger partial charge >= 0.3 is 0 Å². The molecule has 0 aliphatic carbocycles. The van der Waals surface area contributed by atoms with E-state index in [-0.39, 0.29) is 5.41 Å². The summed E-state index contributed by atoms with van der Waals surface area (Å²) in [6, 6.07) is 6.01. The van der Waals surface area contributed by atoms with E-state index in [1.54, 1.807) is 23.7 Å². The van der Waals surface area contributed by atoms with Gasteiger partial charge in [0, 0.05) is 28.9 Å². The summed E-state index contributed by atoms with van der Waals surface area (Å²) in [5, 5.41) is 6.68. The molecule has 1 aromatic carbocycles. The number of fused-ring (bicyclic) bond motifs is 1. The summed E-state index contributed by atoms with van der Waals surface area (Å²) in [6.45, 7) is 7.28. The van der Waals surface area contributed by atoms with E-state index in [0.29, 0.717) is 0 Å². The highest BCUT2D eigenvalue weighted by Crippen LogP contribution is 2.26. The van der Waals surface area contributed by atoms with E-state index in [0.717, 1.165) is 29.0 Å². The standard InChI is InChI=1S/C16H18N4S/c1-16(2,3)15-20-12(10-21-15)9-19-11-4-5-13-14(8-11)18-7-6-17-13/h4-8,10,19H,9H2,1-3H3. The molecule has 4 nitrogen and oxygen atoms in total. The maximum atomic E-state index is 4.69. The van der Waals surface area contributed by atoms with Crippen LogP contribution in [0.25, 0.3) is 11.0 Å². The Morgan fingerprint density at radius 3 is 2.57 bits per heavy atom. The SMILES string of the molecule is CC(C)(C)c1nc(CNc2ccc3nccnc3c2)cs1. The Bertz CT molecular complexity index is 758. The third kappa shape index (κ3) is 3.19. The second-order valence-electron chi connectivity index (χ2n) is 6.01. The van der Waals surface area contributed by atoms with Crippen molar-refractivity contribution in [1.29, 1.82) is 0 Å². The summed E-state index contributed by atoms with van der Waals surface area (Å²) in [4.78, 5) is 13.3. The van der Waals surface area contributed by atoms with E-state index in [9.17, 15) is 0 Å². The van der Waals surface area contributed by atoms with E-state index in [2.05, 4.69) is 46.4 Å². The van der Waals surface area contributed by atoms with Gasteiger partial charge in [0.15, 0.2) is 0 Å². The van der Waals surface area contributed by atoms with E-state index >= 15 is 0 Å². The quantitative estimate of drug-likeness (QED) is 0.794. The van der Waals surface area contributed by atoms with E-state index in [1.807, 2.05) is 18.2 Å². The molecule has 3 rings (SSSR count). The van der Waals surface area contributed by atoms with Crippen LogP contribution in [0, 0.1) is 0 Å². The summed E-state index contributed by atoms with van der Waals surface area (Å²) in [5.41, 5.74) is 4.03. The van der Waals surface area contributed by atoms with Crippen LogP contribution in [-0.4, -0.2) is 15.0 Å². The molecule has 0 unspecified atom stereocenters. The minimum absolute atomic E-state index is 0.113. The van der Waals surface area contributed by atoms with E-state index in [4.69, 9.17) is 0 Å². The van der Waals surface area contributed by atoms with Crippen molar-refractivity contribution in [3.8, 4) is 0 Å². The maximum absolute atomic E-state index is 4.69. The lowest BCUT2D eigenvalue weighted by Crippen LogP contribution is -2.11. The first kappa shape index (κ1) is 13.9. The average Bonchev–Trinajstić information content (AvgIpc) is 2.94. The molecule has 0 fully saturated rings. The van der Waals surface area contributed by atoms with Gasteiger partial charge in [-0.05, 0) is 18.2 Å². The van der Waals surface area contributed by atoms with Crippen molar-refractivity contribution < 1.29 is 0 Å². The normalized spacial score (nSPS) is 11.8. The lowest BCUT2D eigenvalue weighted by Gasteiger charge is -2.13. The monoisotopic (exact) mass is 298 g/mol. The van der Waals surface area contributed by atoms with Gasteiger partial charge in [-0.15, -0.1) is 11.3 Å². The molecule has 108 valence electrons. The summed E-state index contributed by atoms with van der Waals surface area (Å²) in [7, 11) is 0. The minimum atomic E-state index is 0.113. The fraction of sp³-hybridized carbons (Fsp3) is 0.312. The van der Waals surface area contributed by atoms with Crippen molar-refractivity contribution in [2.24, 2.45) is 0 Å². The number of hydrogen-bond donors (Lipinski definition) is 1. The summed E-state index contributed by atoms with van der Waals surface area (Å²) in [5.74, 6) is 0. The zero-order chi connectivity index (χ0) is 14.9. The number of nitrogens with one attached hydrogen (secondary N) is 1. The van der Waals surface area contributed by atoms with Crippen molar-refractivity contribution in [2.75, 3.05) is 5.32 Å². The predicted molar refractivity (Wildman–Crippen MR) is 87.7 cm³/mol. The first-order valence-corrected chi connectivity index (χ1v) is 7.80. The molecule has 1 N–H and O–H groups in total. The molecule has 2 aromatic heterocycles. The van der Waals surface area contributed by atoms with Crippen LogP contribution in [0.5, 0.6) is 0 Å². The topological polar surface area (TPSA) is 50.7 Å². The first-order chi connectivity index (χ1) is 10.0. The molecule has 2 heterocycles. The molecule has 0 atom stereocenters. The van der Waals surface area contributed by atoms with Crippen molar-refractivity contribution in [1.82, 2.24) is 15.0 Å². The van der Waals surface area contributed by atoms with Gasteiger partial charge in [-0.3, -0.25) is 9.97 Å². The Morgan fingerprint density at radius 2 is 1.86 bits per heavy atom. The van der Waals surface area contributed by atoms with Gasteiger partial charge in [-0.2, -0.15) is 0 Å². The number of rotatable bonds is 3. The summed E-state index contributed by atoms with van der Waals surface area (Å²) >= 11 is 1.72. The molecular formula is C16H18N4S. The molecule has 0 aliphatic heterocycles. The highest BCUT2D eigenvalue weighted by Gasteiger charge is 2.17. The lowest BCUT2D eigenvalue weighted by molar-refractivity contribution is 0.583. The zero-order valence-electron chi connectivity index (χ0n) is 12.4. The molecule has 0 amide bonds. The molecule has 0 aliphatic rings. The Kier molecular flexibility index (Phi) is 3.59. The van der Waals surface area contributed by atoms with Crippen LogP contribution in [0.15, 0.2) is 36.0 Å². The summed E-state index contributed by atoms with van der Waals surface area (Å²) < 4.78 is 0. The smallest absolute Gasteiger partial charge is 0.0982 e. The number of benzene rings is 1. The number of aromatic nitrogens is 3. The van der Waals surface area contributed by atoms with Crippen LogP contribution >= 0.6 is 11.3 Å². The Hall–Kier alpha value is -2.01. The minimum Gasteiger partial charge on any atom is -0.379 e. The van der Waals surface area contributed by atoms with Gasteiger partial charge in [-0.1, -0.05) is 20.8 Å². The number of thiazole rings is 1. The highest BCUT2D eigenvalue weighted by molar-refractivity contribution is 7.09. The average molecular weight is 298 g/mol. The second-order valence-corrected chi connectivity index (χ2v) is 6.87. The fourth-order valence-corrected chi connectivity index (χ4v) is 2.91. The molecule has 0 bridgehead atoms. The largest absolute Gasteiger partial charge is 0.379 e.